The lowest BCUT2D eigenvalue weighted by atomic mass is 9.82. The molecule has 0 radical (unpaired) electrons. The Bertz CT molecular complexity index is 1150. The number of unbranched alkanes of at least 4 members (excludes halogenated alkanes) is 2. The Kier molecular flexibility index (Phi) is 7.44. The van der Waals surface area contributed by atoms with Crippen molar-refractivity contribution in [2.75, 3.05) is 16.8 Å². The van der Waals surface area contributed by atoms with Crippen molar-refractivity contribution in [3.63, 3.8) is 0 Å². The Morgan fingerprint density at radius 3 is 2.29 bits per heavy atom. The number of benzene rings is 2. The molecule has 4 rings (SSSR count). The number of nitrogens with zero attached hydrogens (tertiary/aromatic N) is 1. The molecule has 1 aliphatic heterocycles. The predicted molar refractivity (Wildman–Crippen MR) is 133 cm³/mol. The largest absolute Gasteiger partial charge is 0.462 e. The van der Waals surface area contributed by atoms with E-state index < -0.39 is 0 Å². The molecule has 35 heavy (non-hydrogen) atoms. The molecule has 7 nitrogen and oxygen atoms in total. The van der Waals surface area contributed by atoms with Crippen LogP contribution in [0.5, 0.6) is 0 Å². The van der Waals surface area contributed by atoms with Gasteiger partial charge in [0.15, 0.2) is 0 Å². The summed E-state index contributed by atoms with van der Waals surface area (Å²) in [5.41, 5.74) is 2.97. The van der Waals surface area contributed by atoms with Crippen LogP contribution in [0.2, 0.25) is 0 Å². The smallest absolute Gasteiger partial charge is 0.338 e. The van der Waals surface area contributed by atoms with Crippen LogP contribution >= 0.6 is 0 Å². The number of ether oxygens (including phenoxy) is 1. The molecule has 3 amide bonds. The zero-order valence-electron chi connectivity index (χ0n) is 20.1. The van der Waals surface area contributed by atoms with Crippen molar-refractivity contribution in [1.29, 1.82) is 0 Å². The molecule has 1 heterocycles. The fourth-order valence-electron chi connectivity index (χ4n) is 4.55. The van der Waals surface area contributed by atoms with E-state index in [1.54, 1.807) is 48.5 Å². The SMILES string of the molecule is CCCCCOC(=O)c1ccc(NC(=O)c2ccc(N3C(=O)[C@@H]4CC=C(C)C[C@H]4C3=O)cc2)cc1. The third kappa shape index (κ3) is 5.34. The number of carbonyl (C=O) groups is 4. The monoisotopic (exact) mass is 474 g/mol. The molecule has 2 atom stereocenters. The molecule has 1 N–H and O–H groups in total. The van der Waals surface area contributed by atoms with E-state index in [9.17, 15) is 19.2 Å². The van der Waals surface area contributed by atoms with Gasteiger partial charge in [0.2, 0.25) is 11.8 Å². The highest BCUT2D eigenvalue weighted by molar-refractivity contribution is 6.22. The topological polar surface area (TPSA) is 92.8 Å². The maximum Gasteiger partial charge on any atom is 0.338 e. The quantitative estimate of drug-likeness (QED) is 0.248. The minimum Gasteiger partial charge on any atom is -0.462 e. The first-order chi connectivity index (χ1) is 16.9. The van der Waals surface area contributed by atoms with Crippen LogP contribution in [0.1, 0.15) is 66.7 Å². The van der Waals surface area contributed by atoms with Crippen molar-refractivity contribution < 1.29 is 23.9 Å². The Hall–Kier alpha value is -3.74. The Labute approximate surface area is 205 Å². The predicted octanol–water partition coefficient (Wildman–Crippen LogP) is 5.13. The summed E-state index contributed by atoms with van der Waals surface area (Å²) in [7, 11) is 0. The van der Waals surface area contributed by atoms with Crippen LogP contribution in [0, 0.1) is 11.8 Å². The molecule has 1 saturated heterocycles. The minimum atomic E-state index is -0.383. The van der Waals surface area contributed by atoms with Crippen molar-refractivity contribution in [1.82, 2.24) is 0 Å². The summed E-state index contributed by atoms with van der Waals surface area (Å²) in [4.78, 5) is 51.7. The maximum atomic E-state index is 12.9. The van der Waals surface area contributed by atoms with Crippen LogP contribution in [-0.2, 0) is 14.3 Å². The van der Waals surface area contributed by atoms with E-state index >= 15 is 0 Å². The molecule has 1 aliphatic carbocycles. The number of anilines is 2. The molecule has 182 valence electrons. The van der Waals surface area contributed by atoms with Gasteiger partial charge in [0.1, 0.15) is 0 Å². The summed E-state index contributed by atoms with van der Waals surface area (Å²) in [6.07, 6.45) is 6.15. The molecule has 0 spiro atoms. The minimum absolute atomic E-state index is 0.173. The van der Waals surface area contributed by atoms with E-state index in [1.165, 1.54) is 4.90 Å². The van der Waals surface area contributed by atoms with Gasteiger partial charge in [-0.25, -0.2) is 4.79 Å². The van der Waals surface area contributed by atoms with Crippen molar-refractivity contribution in [2.24, 2.45) is 11.8 Å². The third-order valence-corrected chi connectivity index (χ3v) is 6.57. The number of hydrogen-bond donors (Lipinski definition) is 1. The van der Waals surface area contributed by atoms with Gasteiger partial charge in [0, 0.05) is 11.3 Å². The molecular weight excluding hydrogens is 444 g/mol. The van der Waals surface area contributed by atoms with Gasteiger partial charge >= 0.3 is 5.97 Å². The number of rotatable bonds is 8. The molecule has 2 aliphatic rings. The average molecular weight is 475 g/mol. The van der Waals surface area contributed by atoms with Crippen molar-refractivity contribution in [3.8, 4) is 0 Å². The van der Waals surface area contributed by atoms with Gasteiger partial charge in [-0.1, -0.05) is 31.4 Å². The lowest BCUT2D eigenvalue weighted by Crippen LogP contribution is -2.30. The normalized spacial score (nSPS) is 19.3. The first kappa shape index (κ1) is 24.4. The molecule has 2 aromatic carbocycles. The second-order valence-electron chi connectivity index (χ2n) is 9.14. The van der Waals surface area contributed by atoms with Crippen LogP contribution in [0.25, 0.3) is 0 Å². The number of amides is 3. The lowest BCUT2D eigenvalue weighted by molar-refractivity contribution is -0.122. The number of nitrogens with one attached hydrogen (secondary N) is 1. The number of imide groups is 1. The zero-order chi connectivity index (χ0) is 24.9. The molecule has 0 aromatic heterocycles. The number of esters is 1. The summed E-state index contributed by atoms with van der Waals surface area (Å²) >= 11 is 0. The van der Waals surface area contributed by atoms with Gasteiger partial charge in [-0.2, -0.15) is 0 Å². The van der Waals surface area contributed by atoms with E-state index in [4.69, 9.17) is 4.74 Å². The van der Waals surface area contributed by atoms with Crippen molar-refractivity contribution in [2.45, 2.75) is 46.0 Å². The second kappa shape index (κ2) is 10.7. The zero-order valence-corrected chi connectivity index (χ0v) is 20.1. The molecule has 7 heteroatoms. The highest BCUT2D eigenvalue weighted by Crippen LogP contribution is 2.39. The number of hydrogen-bond acceptors (Lipinski definition) is 5. The molecule has 2 aromatic rings. The molecule has 0 unspecified atom stereocenters. The highest BCUT2D eigenvalue weighted by atomic mass is 16.5. The summed E-state index contributed by atoms with van der Waals surface area (Å²) in [5, 5.41) is 2.79. The Morgan fingerprint density at radius 1 is 0.943 bits per heavy atom. The number of allylic oxidation sites excluding steroid dienone is 2. The summed E-state index contributed by atoms with van der Waals surface area (Å²) in [6.45, 7) is 4.47. The van der Waals surface area contributed by atoms with Crippen LogP contribution in [0.4, 0.5) is 11.4 Å². The molecular formula is C28H30N2O5. The van der Waals surface area contributed by atoms with E-state index in [-0.39, 0.29) is 35.5 Å². The Balaban J connectivity index is 1.36. The average Bonchev–Trinajstić information content (AvgIpc) is 3.11. The van der Waals surface area contributed by atoms with Crippen molar-refractivity contribution in [3.05, 3.63) is 71.3 Å². The summed E-state index contributed by atoms with van der Waals surface area (Å²) in [6, 6.07) is 13.0. The molecule has 1 fully saturated rings. The van der Waals surface area contributed by atoms with Gasteiger partial charge in [-0.3, -0.25) is 19.3 Å². The lowest BCUT2D eigenvalue weighted by Gasteiger charge is -2.18. The fourth-order valence-corrected chi connectivity index (χ4v) is 4.55. The van der Waals surface area contributed by atoms with Crippen LogP contribution < -0.4 is 10.2 Å². The van der Waals surface area contributed by atoms with E-state index in [0.29, 0.717) is 42.0 Å². The van der Waals surface area contributed by atoms with Gasteiger partial charge in [0.25, 0.3) is 5.91 Å². The number of carbonyl (C=O) groups excluding carboxylic acids is 4. The van der Waals surface area contributed by atoms with Crippen LogP contribution in [0.15, 0.2) is 60.2 Å². The van der Waals surface area contributed by atoms with E-state index in [2.05, 4.69) is 12.2 Å². The van der Waals surface area contributed by atoms with Gasteiger partial charge < -0.3 is 10.1 Å². The summed E-state index contributed by atoms with van der Waals surface area (Å²) in [5.74, 6) is -1.67. The number of fused-ring (bicyclic) bond motifs is 1. The van der Waals surface area contributed by atoms with Crippen molar-refractivity contribution >= 4 is 35.1 Å². The third-order valence-electron chi connectivity index (χ3n) is 6.57. The standard InChI is InChI=1S/C28H30N2O5/c1-3-4-5-16-35-28(34)20-7-11-21(12-8-20)29-25(31)19-9-13-22(14-10-19)30-26(32)23-15-6-18(2)17-24(23)27(30)33/h6-14,23-24H,3-5,15-17H2,1-2H3,(H,29,31)/t23-,24-/m1/s1. The Morgan fingerprint density at radius 2 is 1.60 bits per heavy atom. The highest BCUT2D eigenvalue weighted by Gasteiger charge is 2.48. The van der Waals surface area contributed by atoms with Crippen LogP contribution in [0.3, 0.4) is 0 Å². The first-order valence-corrected chi connectivity index (χ1v) is 12.1. The molecule has 0 bridgehead atoms. The van der Waals surface area contributed by atoms with E-state index in [0.717, 1.165) is 24.8 Å². The van der Waals surface area contributed by atoms with E-state index in [1.807, 2.05) is 13.0 Å². The van der Waals surface area contributed by atoms with Gasteiger partial charge in [-0.15, -0.1) is 0 Å². The first-order valence-electron chi connectivity index (χ1n) is 12.1. The summed E-state index contributed by atoms with van der Waals surface area (Å²) < 4.78 is 5.24. The van der Waals surface area contributed by atoms with Gasteiger partial charge in [-0.05, 0) is 74.7 Å². The maximum absolute atomic E-state index is 12.9. The van der Waals surface area contributed by atoms with Gasteiger partial charge in [0.05, 0.1) is 29.7 Å². The fraction of sp³-hybridized carbons (Fsp3) is 0.357. The van der Waals surface area contributed by atoms with Crippen LogP contribution in [-0.4, -0.2) is 30.3 Å². The second-order valence-corrected chi connectivity index (χ2v) is 9.14. The molecule has 0 saturated carbocycles.